The molecule has 150 valence electrons. The Labute approximate surface area is 174 Å². The van der Waals surface area contributed by atoms with Crippen molar-refractivity contribution in [1.82, 2.24) is 9.97 Å². The van der Waals surface area contributed by atoms with Gasteiger partial charge < -0.3 is 14.4 Å². The van der Waals surface area contributed by atoms with Gasteiger partial charge in [-0.15, -0.1) is 11.3 Å². The van der Waals surface area contributed by atoms with Crippen LogP contribution in [0, 0.1) is 0 Å². The molecule has 29 heavy (non-hydrogen) atoms. The molecule has 1 saturated heterocycles. The number of benzene rings is 1. The van der Waals surface area contributed by atoms with Gasteiger partial charge in [-0.25, -0.2) is 14.8 Å². The Morgan fingerprint density at radius 2 is 1.97 bits per heavy atom. The normalized spacial score (nSPS) is 14.0. The van der Waals surface area contributed by atoms with Gasteiger partial charge in [-0.05, 0) is 24.1 Å². The monoisotopic (exact) mass is 409 g/mol. The largest absolute Gasteiger partial charge is 0.456 e. The fourth-order valence-corrected chi connectivity index (χ4v) is 3.91. The fourth-order valence-electron chi connectivity index (χ4n) is 3.10. The van der Waals surface area contributed by atoms with E-state index in [1.54, 1.807) is 23.6 Å². The molecule has 7 heteroatoms. The quantitative estimate of drug-likeness (QED) is 0.574. The van der Waals surface area contributed by atoms with Crippen molar-refractivity contribution >= 4 is 23.1 Å². The molecule has 1 aliphatic heterocycles. The van der Waals surface area contributed by atoms with Crippen LogP contribution in [0.15, 0.2) is 48.0 Å². The summed E-state index contributed by atoms with van der Waals surface area (Å²) in [5, 5.41) is 2.85. The molecule has 3 aromatic rings. The van der Waals surface area contributed by atoms with Crippen LogP contribution < -0.4 is 4.90 Å². The molecule has 0 aliphatic carbocycles. The zero-order valence-corrected chi connectivity index (χ0v) is 17.2. The molecule has 0 unspecified atom stereocenters. The topological polar surface area (TPSA) is 64.5 Å². The summed E-state index contributed by atoms with van der Waals surface area (Å²) >= 11 is 1.55. The molecular weight excluding hydrogens is 386 g/mol. The average Bonchev–Trinajstić information content (AvgIpc) is 3.27. The number of anilines is 1. The predicted molar refractivity (Wildman–Crippen MR) is 113 cm³/mol. The summed E-state index contributed by atoms with van der Waals surface area (Å²) in [6.07, 6.45) is 2.58. The van der Waals surface area contributed by atoms with Crippen molar-refractivity contribution < 1.29 is 14.3 Å². The molecule has 0 saturated carbocycles. The summed E-state index contributed by atoms with van der Waals surface area (Å²) < 4.78 is 10.8. The fraction of sp³-hybridized carbons (Fsp3) is 0.318. The lowest BCUT2D eigenvalue weighted by molar-refractivity contribution is 0.0468. The standard InChI is InChI=1S/C22H23N3O3S/c1-2-16-3-5-17(6-4-16)21-24-19(15-29-21)14-28-22(26)18-7-8-20(23-13-18)25-9-11-27-12-10-25/h3-8,13,15H,2,9-12,14H2,1H3. The number of hydrogen-bond donors (Lipinski definition) is 0. The molecule has 0 bridgehead atoms. The molecule has 0 amide bonds. The summed E-state index contributed by atoms with van der Waals surface area (Å²) in [5.41, 5.74) is 3.56. The van der Waals surface area contributed by atoms with Crippen LogP contribution in [0.1, 0.15) is 28.5 Å². The molecule has 1 aromatic carbocycles. The van der Waals surface area contributed by atoms with Crippen LogP contribution in [0.2, 0.25) is 0 Å². The number of morpholine rings is 1. The third-order valence-electron chi connectivity index (χ3n) is 4.83. The highest BCUT2D eigenvalue weighted by Gasteiger charge is 2.14. The van der Waals surface area contributed by atoms with Gasteiger partial charge in [-0.1, -0.05) is 31.2 Å². The number of carbonyl (C=O) groups excluding carboxylic acids is 1. The smallest absolute Gasteiger partial charge is 0.340 e. The summed E-state index contributed by atoms with van der Waals surface area (Å²) in [6, 6.07) is 12.0. The van der Waals surface area contributed by atoms with Crippen LogP contribution in [0.4, 0.5) is 5.82 Å². The lowest BCUT2D eigenvalue weighted by Crippen LogP contribution is -2.36. The number of thiazole rings is 1. The third kappa shape index (κ3) is 4.81. The minimum Gasteiger partial charge on any atom is -0.456 e. The number of hydrogen-bond acceptors (Lipinski definition) is 7. The van der Waals surface area contributed by atoms with Crippen molar-refractivity contribution in [1.29, 1.82) is 0 Å². The first kappa shape index (κ1) is 19.5. The molecule has 0 radical (unpaired) electrons. The van der Waals surface area contributed by atoms with Crippen LogP contribution in [0.3, 0.4) is 0 Å². The molecule has 4 rings (SSSR count). The first-order valence-electron chi connectivity index (χ1n) is 9.72. The molecule has 3 heterocycles. The maximum absolute atomic E-state index is 12.3. The van der Waals surface area contributed by atoms with Gasteiger partial charge in [0.15, 0.2) is 0 Å². The Balaban J connectivity index is 1.34. The van der Waals surface area contributed by atoms with Crippen LogP contribution in [-0.4, -0.2) is 42.2 Å². The zero-order valence-electron chi connectivity index (χ0n) is 16.3. The van der Waals surface area contributed by atoms with E-state index in [4.69, 9.17) is 9.47 Å². The highest BCUT2D eigenvalue weighted by atomic mass is 32.1. The second kappa shape index (κ2) is 9.15. The van der Waals surface area contributed by atoms with E-state index >= 15 is 0 Å². The maximum Gasteiger partial charge on any atom is 0.340 e. The van der Waals surface area contributed by atoms with Gasteiger partial charge in [0, 0.05) is 30.2 Å². The lowest BCUT2D eigenvalue weighted by Gasteiger charge is -2.27. The number of rotatable bonds is 6. The van der Waals surface area contributed by atoms with Gasteiger partial charge in [0.25, 0.3) is 0 Å². The van der Waals surface area contributed by atoms with E-state index in [0.717, 1.165) is 41.6 Å². The van der Waals surface area contributed by atoms with E-state index < -0.39 is 5.97 Å². The minimum atomic E-state index is -0.395. The number of carbonyl (C=O) groups is 1. The minimum absolute atomic E-state index is 0.146. The van der Waals surface area contributed by atoms with Crippen molar-refractivity contribution in [2.75, 3.05) is 31.2 Å². The number of esters is 1. The second-order valence-corrected chi connectivity index (χ2v) is 7.63. The van der Waals surface area contributed by atoms with Gasteiger partial charge in [0.05, 0.1) is 24.5 Å². The number of aromatic nitrogens is 2. The highest BCUT2D eigenvalue weighted by Crippen LogP contribution is 2.24. The van der Waals surface area contributed by atoms with Crippen molar-refractivity contribution in [3.63, 3.8) is 0 Å². The van der Waals surface area contributed by atoms with Gasteiger partial charge in [0.2, 0.25) is 0 Å². The molecule has 1 fully saturated rings. The molecule has 2 aromatic heterocycles. The molecular formula is C22H23N3O3S. The number of nitrogens with zero attached hydrogens (tertiary/aromatic N) is 3. The van der Waals surface area contributed by atoms with Crippen LogP contribution in [0.5, 0.6) is 0 Å². The lowest BCUT2D eigenvalue weighted by atomic mass is 10.1. The maximum atomic E-state index is 12.3. The Morgan fingerprint density at radius 1 is 1.17 bits per heavy atom. The van der Waals surface area contributed by atoms with Crippen LogP contribution in [-0.2, 0) is 22.5 Å². The van der Waals surface area contributed by atoms with E-state index in [-0.39, 0.29) is 6.61 Å². The summed E-state index contributed by atoms with van der Waals surface area (Å²) in [7, 11) is 0. The zero-order chi connectivity index (χ0) is 20.1. The predicted octanol–water partition coefficient (Wildman–Crippen LogP) is 3.96. The van der Waals surface area contributed by atoms with E-state index in [1.807, 2.05) is 11.4 Å². The Morgan fingerprint density at radius 3 is 2.66 bits per heavy atom. The average molecular weight is 410 g/mol. The van der Waals surface area contributed by atoms with Gasteiger partial charge >= 0.3 is 5.97 Å². The number of pyridine rings is 1. The Hall–Kier alpha value is -2.77. The van der Waals surface area contributed by atoms with Crippen molar-refractivity contribution in [2.45, 2.75) is 20.0 Å². The van der Waals surface area contributed by atoms with Crippen molar-refractivity contribution in [2.24, 2.45) is 0 Å². The number of aryl methyl sites for hydroxylation is 1. The van der Waals surface area contributed by atoms with E-state index in [0.29, 0.717) is 18.8 Å². The molecule has 1 aliphatic rings. The van der Waals surface area contributed by atoms with Crippen molar-refractivity contribution in [3.05, 3.63) is 64.8 Å². The molecule has 0 atom stereocenters. The van der Waals surface area contributed by atoms with E-state index in [1.165, 1.54) is 5.56 Å². The highest BCUT2D eigenvalue weighted by molar-refractivity contribution is 7.13. The van der Waals surface area contributed by atoms with Crippen LogP contribution in [0.25, 0.3) is 10.6 Å². The van der Waals surface area contributed by atoms with Gasteiger partial charge in [0.1, 0.15) is 17.4 Å². The third-order valence-corrected chi connectivity index (χ3v) is 5.77. The van der Waals surface area contributed by atoms with E-state index in [2.05, 4.69) is 46.1 Å². The first-order chi connectivity index (χ1) is 14.2. The Bertz CT molecular complexity index is 948. The summed E-state index contributed by atoms with van der Waals surface area (Å²) in [6.45, 7) is 5.30. The summed E-state index contributed by atoms with van der Waals surface area (Å²) in [5.74, 6) is 0.455. The molecule has 6 nitrogen and oxygen atoms in total. The van der Waals surface area contributed by atoms with Crippen molar-refractivity contribution in [3.8, 4) is 10.6 Å². The summed E-state index contributed by atoms with van der Waals surface area (Å²) in [4.78, 5) is 23.5. The van der Waals surface area contributed by atoms with Gasteiger partial charge in [-0.2, -0.15) is 0 Å². The second-order valence-electron chi connectivity index (χ2n) is 6.78. The van der Waals surface area contributed by atoms with E-state index in [9.17, 15) is 4.79 Å². The molecule has 0 spiro atoms. The number of ether oxygens (including phenoxy) is 2. The first-order valence-corrected chi connectivity index (χ1v) is 10.6. The molecule has 0 N–H and O–H groups in total. The Kier molecular flexibility index (Phi) is 6.17. The van der Waals surface area contributed by atoms with Gasteiger partial charge in [-0.3, -0.25) is 0 Å². The SMILES string of the molecule is CCc1ccc(-c2nc(COC(=O)c3ccc(N4CCOCC4)nc3)cs2)cc1. The van der Waals surface area contributed by atoms with Crippen LogP contribution >= 0.6 is 11.3 Å².